The van der Waals surface area contributed by atoms with Gasteiger partial charge in [0.25, 0.3) is 0 Å². The number of rotatable bonds is 6. The molecular weight excluding hydrogens is 340 g/mol. The van der Waals surface area contributed by atoms with Crippen molar-refractivity contribution in [3.63, 3.8) is 0 Å². The first-order valence-electron chi connectivity index (χ1n) is 8.27. The number of carbonyl (C=O) groups is 1. The standard InChI is InChI=1S/C18H22N4O2.ClH/c1-13-8-11-20-18(21-13)24-16-5-3-15(4-6-16)22-17(23)7-2-14-9-10-19-12-14;/h3-6,8,11,14,19H,2,7,9-10,12H2,1H3,(H,22,23);1H. The molecule has 3 rings (SSSR count). The highest BCUT2D eigenvalue weighted by Gasteiger charge is 2.15. The van der Waals surface area contributed by atoms with Crippen molar-refractivity contribution < 1.29 is 9.53 Å². The van der Waals surface area contributed by atoms with Crippen LogP contribution in [-0.4, -0.2) is 29.0 Å². The van der Waals surface area contributed by atoms with Gasteiger partial charge in [0, 0.05) is 24.0 Å². The van der Waals surface area contributed by atoms with E-state index in [2.05, 4.69) is 20.6 Å². The monoisotopic (exact) mass is 362 g/mol. The van der Waals surface area contributed by atoms with E-state index in [-0.39, 0.29) is 18.3 Å². The number of anilines is 1. The summed E-state index contributed by atoms with van der Waals surface area (Å²) < 4.78 is 5.59. The van der Waals surface area contributed by atoms with E-state index in [0.717, 1.165) is 30.9 Å². The topological polar surface area (TPSA) is 76.1 Å². The lowest BCUT2D eigenvalue weighted by Gasteiger charge is -2.09. The van der Waals surface area contributed by atoms with Crippen LogP contribution in [0.2, 0.25) is 0 Å². The van der Waals surface area contributed by atoms with Crippen LogP contribution in [0.4, 0.5) is 5.69 Å². The number of ether oxygens (including phenoxy) is 1. The van der Waals surface area contributed by atoms with Crippen LogP contribution < -0.4 is 15.4 Å². The van der Waals surface area contributed by atoms with Crippen LogP contribution in [-0.2, 0) is 4.79 Å². The van der Waals surface area contributed by atoms with Crippen LogP contribution in [0.25, 0.3) is 0 Å². The average Bonchev–Trinajstić information content (AvgIpc) is 3.08. The minimum absolute atomic E-state index is 0. The zero-order chi connectivity index (χ0) is 16.8. The maximum Gasteiger partial charge on any atom is 0.322 e. The van der Waals surface area contributed by atoms with Crippen molar-refractivity contribution in [3.8, 4) is 11.8 Å². The van der Waals surface area contributed by atoms with E-state index in [1.165, 1.54) is 6.42 Å². The third kappa shape index (κ3) is 5.99. The highest BCUT2D eigenvalue weighted by molar-refractivity contribution is 5.90. The Morgan fingerprint density at radius 3 is 2.80 bits per heavy atom. The molecule has 2 aromatic rings. The number of aromatic nitrogens is 2. The minimum Gasteiger partial charge on any atom is -0.424 e. The Morgan fingerprint density at radius 1 is 1.32 bits per heavy atom. The fourth-order valence-corrected chi connectivity index (χ4v) is 2.71. The Labute approximate surface area is 153 Å². The molecule has 0 radical (unpaired) electrons. The first-order valence-corrected chi connectivity index (χ1v) is 8.27. The smallest absolute Gasteiger partial charge is 0.322 e. The molecule has 1 aromatic carbocycles. The summed E-state index contributed by atoms with van der Waals surface area (Å²) in [5.41, 5.74) is 1.61. The normalized spacial score (nSPS) is 16.1. The lowest BCUT2D eigenvalue weighted by Crippen LogP contribution is -2.14. The number of nitrogens with one attached hydrogen (secondary N) is 2. The summed E-state index contributed by atoms with van der Waals surface area (Å²) in [5.74, 6) is 1.31. The second-order valence-electron chi connectivity index (χ2n) is 6.05. The van der Waals surface area contributed by atoms with E-state index < -0.39 is 0 Å². The van der Waals surface area contributed by atoms with E-state index in [1.807, 2.05) is 25.1 Å². The quantitative estimate of drug-likeness (QED) is 0.824. The summed E-state index contributed by atoms with van der Waals surface area (Å²) >= 11 is 0. The van der Waals surface area contributed by atoms with Crippen molar-refractivity contribution in [2.45, 2.75) is 26.2 Å². The van der Waals surface area contributed by atoms with E-state index in [0.29, 0.717) is 24.1 Å². The highest BCUT2D eigenvalue weighted by Crippen LogP contribution is 2.21. The molecule has 6 nitrogen and oxygen atoms in total. The molecule has 0 saturated carbocycles. The molecule has 1 amide bonds. The van der Waals surface area contributed by atoms with Crippen LogP contribution in [0.1, 0.15) is 25.0 Å². The molecule has 1 aliphatic rings. The summed E-state index contributed by atoms with van der Waals surface area (Å²) in [6, 6.07) is 9.36. The largest absolute Gasteiger partial charge is 0.424 e. The lowest BCUT2D eigenvalue weighted by molar-refractivity contribution is -0.116. The van der Waals surface area contributed by atoms with Crippen LogP contribution in [0.5, 0.6) is 11.8 Å². The van der Waals surface area contributed by atoms with E-state index in [1.54, 1.807) is 18.3 Å². The lowest BCUT2D eigenvalue weighted by atomic mass is 10.0. The zero-order valence-corrected chi connectivity index (χ0v) is 15.0. The predicted molar refractivity (Wildman–Crippen MR) is 99.4 cm³/mol. The summed E-state index contributed by atoms with van der Waals surface area (Å²) in [7, 11) is 0. The second-order valence-corrected chi connectivity index (χ2v) is 6.05. The van der Waals surface area contributed by atoms with Gasteiger partial charge >= 0.3 is 6.01 Å². The van der Waals surface area contributed by atoms with Gasteiger partial charge in [0.2, 0.25) is 5.91 Å². The molecule has 0 spiro atoms. The third-order valence-electron chi connectivity index (χ3n) is 4.06. The van der Waals surface area contributed by atoms with Crippen LogP contribution in [0, 0.1) is 12.8 Å². The minimum atomic E-state index is 0. The molecule has 0 bridgehead atoms. The Balaban J connectivity index is 0.00000225. The SMILES string of the molecule is Cc1ccnc(Oc2ccc(NC(=O)CCC3CCNC3)cc2)n1.Cl. The fourth-order valence-electron chi connectivity index (χ4n) is 2.71. The van der Waals surface area contributed by atoms with E-state index in [4.69, 9.17) is 4.74 Å². The van der Waals surface area contributed by atoms with Gasteiger partial charge in [-0.2, -0.15) is 0 Å². The van der Waals surface area contributed by atoms with Gasteiger partial charge in [-0.3, -0.25) is 4.79 Å². The molecule has 1 unspecified atom stereocenters. The summed E-state index contributed by atoms with van der Waals surface area (Å²) in [6.07, 6.45) is 4.32. The second kappa shape index (κ2) is 9.34. The van der Waals surface area contributed by atoms with Crippen molar-refractivity contribution >= 4 is 24.0 Å². The summed E-state index contributed by atoms with van der Waals surface area (Å²) in [4.78, 5) is 20.3. The molecule has 134 valence electrons. The molecule has 1 atom stereocenters. The number of benzene rings is 1. The number of halogens is 1. The molecule has 1 saturated heterocycles. The van der Waals surface area contributed by atoms with Crippen molar-refractivity contribution in [2.75, 3.05) is 18.4 Å². The number of amides is 1. The molecule has 1 aliphatic heterocycles. The van der Waals surface area contributed by atoms with Crippen molar-refractivity contribution in [1.29, 1.82) is 0 Å². The van der Waals surface area contributed by atoms with Gasteiger partial charge in [-0.25, -0.2) is 9.97 Å². The van der Waals surface area contributed by atoms with Gasteiger partial charge < -0.3 is 15.4 Å². The molecule has 1 fully saturated rings. The van der Waals surface area contributed by atoms with Gasteiger partial charge in [0.1, 0.15) is 5.75 Å². The number of nitrogens with zero attached hydrogens (tertiary/aromatic N) is 2. The Hall–Kier alpha value is -2.18. The fraction of sp³-hybridized carbons (Fsp3) is 0.389. The van der Waals surface area contributed by atoms with Gasteiger partial charge in [0.05, 0.1) is 0 Å². The predicted octanol–water partition coefficient (Wildman–Crippen LogP) is 3.33. The number of carbonyl (C=O) groups excluding carboxylic acids is 1. The third-order valence-corrected chi connectivity index (χ3v) is 4.06. The summed E-state index contributed by atoms with van der Waals surface area (Å²) in [6.45, 7) is 3.98. The Bertz CT molecular complexity index is 688. The molecule has 1 aromatic heterocycles. The summed E-state index contributed by atoms with van der Waals surface area (Å²) in [5, 5.41) is 6.24. The van der Waals surface area contributed by atoms with E-state index in [9.17, 15) is 4.79 Å². The van der Waals surface area contributed by atoms with Gasteiger partial charge in [-0.05, 0) is 69.1 Å². The zero-order valence-electron chi connectivity index (χ0n) is 14.2. The molecule has 7 heteroatoms. The van der Waals surface area contributed by atoms with Crippen LogP contribution >= 0.6 is 12.4 Å². The van der Waals surface area contributed by atoms with Gasteiger partial charge in [-0.1, -0.05) is 0 Å². The molecule has 0 aliphatic carbocycles. The van der Waals surface area contributed by atoms with E-state index >= 15 is 0 Å². The Morgan fingerprint density at radius 2 is 2.12 bits per heavy atom. The highest BCUT2D eigenvalue weighted by atomic mass is 35.5. The first kappa shape index (κ1) is 19.1. The van der Waals surface area contributed by atoms with Crippen molar-refractivity contribution in [2.24, 2.45) is 5.92 Å². The maximum absolute atomic E-state index is 12.0. The van der Waals surface area contributed by atoms with Gasteiger partial charge in [-0.15, -0.1) is 12.4 Å². The van der Waals surface area contributed by atoms with Crippen molar-refractivity contribution in [3.05, 3.63) is 42.2 Å². The van der Waals surface area contributed by atoms with Crippen LogP contribution in [0.15, 0.2) is 36.5 Å². The van der Waals surface area contributed by atoms with Gasteiger partial charge in [0.15, 0.2) is 0 Å². The number of aryl methyl sites for hydroxylation is 1. The number of hydrogen-bond acceptors (Lipinski definition) is 5. The maximum atomic E-state index is 12.0. The molecule has 2 N–H and O–H groups in total. The molecular formula is C18H23ClN4O2. The first-order chi connectivity index (χ1) is 11.7. The Kier molecular flexibility index (Phi) is 7.16. The van der Waals surface area contributed by atoms with Crippen molar-refractivity contribution in [1.82, 2.24) is 15.3 Å². The molecule has 2 heterocycles. The average molecular weight is 363 g/mol. The number of hydrogen-bond donors (Lipinski definition) is 2. The molecule has 25 heavy (non-hydrogen) atoms. The van der Waals surface area contributed by atoms with Crippen LogP contribution in [0.3, 0.4) is 0 Å².